The number of hydrogen-bond acceptors (Lipinski definition) is 13. The third-order valence-corrected chi connectivity index (χ3v) is 12.2. The van der Waals surface area contributed by atoms with Crippen LogP contribution in [0.15, 0.2) is 60.8 Å². The highest BCUT2D eigenvalue weighted by molar-refractivity contribution is 5.76. The Labute approximate surface area is 396 Å². The predicted molar refractivity (Wildman–Crippen MR) is 258 cm³/mol. The van der Waals surface area contributed by atoms with Gasteiger partial charge in [-0.05, 0) is 77.0 Å². The number of rotatable bonds is 38. The van der Waals surface area contributed by atoms with Crippen molar-refractivity contribution in [3.63, 3.8) is 0 Å². The van der Waals surface area contributed by atoms with Crippen LogP contribution in [0.4, 0.5) is 0 Å². The number of amides is 1. The molecule has 12 unspecified atom stereocenters. The maximum Gasteiger partial charge on any atom is 0.220 e. The van der Waals surface area contributed by atoms with Gasteiger partial charge in [-0.25, -0.2) is 0 Å². The number of aliphatic hydroxyl groups is 8. The minimum absolute atomic E-state index is 0.251. The topological polar surface area (TPSA) is 228 Å². The van der Waals surface area contributed by atoms with Crippen LogP contribution in [0.3, 0.4) is 0 Å². The number of nitrogens with one attached hydrogen (secondary N) is 1. The number of hydrogen-bond donors (Lipinski definition) is 9. The van der Waals surface area contributed by atoms with Crippen molar-refractivity contribution in [1.29, 1.82) is 0 Å². The summed E-state index contributed by atoms with van der Waals surface area (Å²) >= 11 is 0. The molecule has 0 aliphatic carbocycles. The quantitative estimate of drug-likeness (QED) is 0.0234. The Morgan fingerprint density at radius 3 is 1.59 bits per heavy atom. The summed E-state index contributed by atoms with van der Waals surface area (Å²) in [5.41, 5.74) is 0. The molecule has 0 aromatic heterocycles. The summed E-state index contributed by atoms with van der Waals surface area (Å²) in [6.07, 6.45) is 29.7. The van der Waals surface area contributed by atoms with Gasteiger partial charge in [-0.1, -0.05) is 145 Å². The molecule has 66 heavy (non-hydrogen) atoms. The van der Waals surface area contributed by atoms with Crippen LogP contribution in [0, 0.1) is 0 Å². The lowest BCUT2D eigenvalue weighted by Crippen LogP contribution is -2.65. The summed E-state index contributed by atoms with van der Waals surface area (Å²) in [6, 6.07) is -0.946. The van der Waals surface area contributed by atoms with Crippen LogP contribution < -0.4 is 5.32 Å². The van der Waals surface area contributed by atoms with Gasteiger partial charge in [-0.15, -0.1) is 0 Å². The van der Waals surface area contributed by atoms with E-state index in [1.165, 1.54) is 64.2 Å². The second-order valence-electron chi connectivity index (χ2n) is 17.9. The van der Waals surface area contributed by atoms with Gasteiger partial charge in [0.05, 0.1) is 32.0 Å². The summed E-state index contributed by atoms with van der Waals surface area (Å²) in [7, 11) is 0. The fraction of sp³-hybridized carbons (Fsp3) is 0.788. The van der Waals surface area contributed by atoms with Gasteiger partial charge in [0.1, 0.15) is 48.8 Å². The van der Waals surface area contributed by atoms with Crippen molar-refractivity contribution in [3.8, 4) is 0 Å². The van der Waals surface area contributed by atoms with Gasteiger partial charge >= 0.3 is 0 Å². The molecule has 2 aliphatic rings. The van der Waals surface area contributed by atoms with E-state index in [4.69, 9.17) is 18.9 Å². The molecule has 9 N–H and O–H groups in total. The van der Waals surface area contributed by atoms with Crippen molar-refractivity contribution < 1.29 is 64.6 Å². The molecule has 2 rings (SSSR count). The zero-order chi connectivity index (χ0) is 48.2. The first-order valence-corrected chi connectivity index (χ1v) is 25.5. The Morgan fingerprint density at radius 1 is 0.545 bits per heavy atom. The number of allylic oxidation sites excluding steroid dienone is 9. The number of unbranched alkanes of at least 4 members (excludes halogenated alkanes) is 17. The second-order valence-corrected chi connectivity index (χ2v) is 17.9. The number of carbonyl (C=O) groups excluding carboxylic acids is 1. The van der Waals surface area contributed by atoms with Crippen molar-refractivity contribution in [2.45, 2.75) is 242 Å². The lowest BCUT2D eigenvalue weighted by atomic mass is 9.97. The summed E-state index contributed by atoms with van der Waals surface area (Å²) < 4.78 is 22.7. The molecule has 0 radical (unpaired) electrons. The average Bonchev–Trinajstić information content (AvgIpc) is 3.31. The molecule has 2 fully saturated rings. The van der Waals surface area contributed by atoms with Crippen LogP contribution in [0.5, 0.6) is 0 Å². The van der Waals surface area contributed by atoms with Gasteiger partial charge in [-0.2, -0.15) is 0 Å². The number of aliphatic hydroxyl groups excluding tert-OH is 8. The van der Waals surface area contributed by atoms with Crippen molar-refractivity contribution in [2.24, 2.45) is 0 Å². The summed E-state index contributed by atoms with van der Waals surface area (Å²) in [4.78, 5) is 13.2. The van der Waals surface area contributed by atoms with Gasteiger partial charge in [0.15, 0.2) is 12.6 Å². The minimum Gasteiger partial charge on any atom is -0.394 e. The van der Waals surface area contributed by atoms with Crippen LogP contribution >= 0.6 is 0 Å². The third kappa shape index (κ3) is 25.3. The number of ether oxygens (including phenoxy) is 4. The first-order chi connectivity index (χ1) is 32.1. The van der Waals surface area contributed by atoms with Crippen LogP contribution in [-0.4, -0.2) is 140 Å². The fourth-order valence-electron chi connectivity index (χ4n) is 7.94. The maximum absolute atomic E-state index is 13.2. The molecule has 14 heteroatoms. The monoisotopic (exact) mass is 938 g/mol. The zero-order valence-corrected chi connectivity index (χ0v) is 40.4. The van der Waals surface area contributed by atoms with E-state index in [0.717, 1.165) is 70.6 Å². The molecule has 14 nitrogen and oxygen atoms in total. The molecule has 12 atom stereocenters. The van der Waals surface area contributed by atoms with E-state index in [-0.39, 0.29) is 18.9 Å². The molecular weight excluding hydrogens is 847 g/mol. The highest BCUT2D eigenvalue weighted by Gasteiger charge is 2.51. The second kappa shape index (κ2) is 38.5. The van der Waals surface area contributed by atoms with Gasteiger partial charge < -0.3 is 65.1 Å². The van der Waals surface area contributed by atoms with Crippen LogP contribution in [0.2, 0.25) is 0 Å². The van der Waals surface area contributed by atoms with E-state index in [2.05, 4.69) is 67.8 Å². The van der Waals surface area contributed by atoms with Gasteiger partial charge in [0.2, 0.25) is 5.91 Å². The Kier molecular flexibility index (Phi) is 34.9. The van der Waals surface area contributed by atoms with Crippen molar-refractivity contribution in [3.05, 3.63) is 60.8 Å². The van der Waals surface area contributed by atoms with Gasteiger partial charge in [0.25, 0.3) is 0 Å². The zero-order valence-electron chi connectivity index (χ0n) is 40.4. The SMILES string of the molecule is CCCCCC/C=C\C/C=C\CCCCCCCC(=O)NC(COC1OC(CO)C(OC2OC(CO)C(O)C(O)C2O)C(O)C1O)C(O)/C=C/CC/C=C/CC/C=C/CCCCCCCC. The Balaban J connectivity index is 1.89. The molecule has 0 saturated carbocycles. The summed E-state index contributed by atoms with van der Waals surface area (Å²) in [5, 5.41) is 86.7. The molecule has 1 amide bonds. The van der Waals surface area contributed by atoms with Crippen molar-refractivity contribution in [1.82, 2.24) is 5.32 Å². The van der Waals surface area contributed by atoms with Gasteiger partial charge in [0, 0.05) is 6.42 Å². The molecule has 0 aromatic carbocycles. The number of carbonyl (C=O) groups is 1. The van der Waals surface area contributed by atoms with E-state index in [1.807, 2.05) is 6.08 Å². The fourth-order valence-corrected chi connectivity index (χ4v) is 7.94. The third-order valence-electron chi connectivity index (χ3n) is 12.2. The highest BCUT2D eigenvalue weighted by atomic mass is 16.7. The Morgan fingerprint density at radius 2 is 1.02 bits per heavy atom. The van der Waals surface area contributed by atoms with E-state index < -0.39 is 86.8 Å². The molecule has 2 heterocycles. The lowest BCUT2D eigenvalue weighted by molar-refractivity contribution is -0.359. The van der Waals surface area contributed by atoms with E-state index in [1.54, 1.807) is 6.08 Å². The Bertz CT molecular complexity index is 1340. The van der Waals surface area contributed by atoms with Crippen LogP contribution in [-0.2, 0) is 23.7 Å². The van der Waals surface area contributed by atoms with Crippen molar-refractivity contribution >= 4 is 5.91 Å². The molecule has 0 spiro atoms. The van der Waals surface area contributed by atoms with E-state index >= 15 is 0 Å². The maximum atomic E-state index is 13.2. The molecule has 0 bridgehead atoms. The lowest BCUT2D eigenvalue weighted by Gasteiger charge is -2.46. The molecule has 2 aliphatic heterocycles. The summed E-state index contributed by atoms with van der Waals surface area (Å²) in [6.45, 7) is 2.70. The standard InChI is InChI=1S/C52H91NO13/c1-3-5-7-9-11-13-15-17-19-21-23-25-27-29-31-33-35-41(56)40(53-44(57)36-34-32-30-28-26-24-22-20-18-16-14-12-10-8-6-4-2)39-63-51-49(62)47(60)50(43(38-55)65-51)66-52-48(61)46(59)45(58)42(37-54)64-52/h14,16-17,19-20,22,25,27,33,35,40-43,45-52,54-56,58-62H,3-13,15,18,21,23-24,26,28-32,34,36-39H2,1-2H3,(H,53,57)/b16-14-,19-17+,22-20-,27-25+,35-33+. The highest BCUT2D eigenvalue weighted by Crippen LogP contribution is 2.30. The Hall–Kier alpha value is -2.31. The summed E-state index contributed by atoms with van der Waals surface area (Å²) in [5.74, 6) is -0.271. The first-order valence-electron chi connectivity index (χ1n) is 25.5. The normalized spacial score (nSPS) is 27.3. The smallest absolute Gasteiger partial charge is 0.220 e. The average molecular weight is 938 g/mol. The molecular formula is C52H91NO13. The molecule has 382 valence electrons. The van der Waals surface area contributed by atoms with Crippen LogP contribution in [0.1, 0.15) is 168 Å². The van der Waals surface area contributed by atoms with Crippen LogP contribution in [0.25, 0.3) is 0 Å². The van der Waals surface area contributed by atoms with E-state index in [0.29, 0.717) is 12.8 Å². The van der Waals surface area contributed by atoms with E-state index in [9.17, 15) is 45.6 Å². The molecule has 2 saturated heterocycles. The van der Waals surface area contributed by atoms with Crippen molar-refractivity contribution in [2.75, 3.05) is 19.8 Å². The largest absolute Gasteiger partial charge is 0.394 e. The van der Waals surface area contributed by atoms with Gasteiger partial charge in [-0.3, -0.25) is 4.79 Å². The minimum atomic E-state index is -1.79. The predicted octanol–water partition coefficient (Wildman–Crippen LogP) is 6.66. The first kappa shape index (κ1) is 59.8. The molecule has 0 aromatic rings.